The largest absolute Gasteiger partial charge is 0.311 e. The first kappa shape index (κ1) is 52.3. The van der Waals surface area contributed by atoms with E-state index in [-0.39, 0.29) is 39.2 Å². The maximum Gasteiger partial charge on any atom is 0.252 e. The minimum absolute atomic E-state index is 0.0153. The predicted octanol–water partition coefficient (Wildman–Crippen LogP) is 18.7. The lowest BCUT2D eigenvalue weighted by Crippen LogP contribution is -2.62. The first-order chi connectivity index (χ1) is 37.4. The lowest BCUT2D eigenvalue weighted by atomic mass is 9.32. The Bertz CT molecular complexity index is 3720. The van der Waals surface area contributed by atoms with E-state index in [1.165, 1.54) is 112 Å². The Morgan fingerprint density at radius 1 is 0.354 bits per heavy atom. The number of benzene rings is 9. The second-order valence-electron chi connectivity index (χ2n) is 27.7. The molecule has 0 N–H and O–H groups in total. The topological polar surface area (TPSA) is 6.48 Å². The third-order valence-corrected chi connectivity index (χ3v) is 18.8. The van der Waals surface area contributed by atoms with Gasteiger partial charge in [0.25, 0.3) is 6.71 Å². The van der Waals surface area contributed by atoms with E-state index in [0.29, 0.717) is 0 Å². The molecule has 0 amide bonds. The normalized spacial score (nSPS) is 15.5. The Hall–Kier alpha value is -7.36. The Kier molecular flexibility index (Phi) is 12.3. The summed E-state index contributed by atoms with van der Waals surface area (Å²) in [5.74, 6) is 0. The van der Waals surface area contributed by atoms with Gasteiger partial charge in [0.05, 0.1) is 5.69 Å². The summed E-state index contributed by atoms with van der Waals surface area (Å²) >= 11 is 0. The van der Waals surface area contributed by atoms with Gasteiger partial charge in [0.2, 0.25) is 0 Å². The lowest BCUT2D eigenvalue weighted by molar-refractivity contribution is 0.332. The Morgan fingerprint density at radius 2 is 0.759 bits per heavy atom. The molecule has 0 fully saturated rings. The zero-order valence-electron chi connectivity index (χ0n) is 49.4. The van der Waals surface area contributed by atoms with Crippen molar-refractivity contribution in [2.24, 2.45) is 0 Å². The standard InChI is InChI=1S/C76H79BN2/c1-71(2,3)56-43-59(50-27-19-15-20-28-50)70(60(44-56)51-29-21-16-22-30-51)79-66-49-62-61(73(7,8)41-42-74(62,9)10)48-64(66)77-63-45-55(76(13,14)53-33-25-18-26-34-53)37-40-65(63)78(67-46-57(72(4,5)6)47-68(79)69(67)77)58-38-35-54(36-39-58)75(11,12)52-31-23-17-24-32-52/h15-40,43-49H,41-42H2,1-14H3. The molecule has 9 aromatic rings. The summed E-state index contributed by atoms with van der Waals surface area (Å²) in [6.45, 7) is 33.7. The molecule has 396 valence electrons. The van der Waals surface area contributed by atoms with Crippen molar-refractivity contribution < 1.29 is 0 Å². The van der Waals surface area contributed by atoms with Crippen LogP contribution in [0.15, 0.2) is 200 Å². The molecule has 9 aromatic carbocycles. The molecule has 0 atom stereocenters. The summed E-state index contributed by atoms with van der Waals surface area (Å²) < 4.78 is 0. The number of hydrogen-bond acceptors (Lipinski definition) is 2. The minimum Gasteiger partial charge on any atom is -0.311 e. The van der Waals surface area contributed by atoms with Crippen LogP contribution >= 0.6 is 0 Å². The van der Waals surface area contributed by atoms with Crippen LogP contribution in [0, 0.1) is 0 Å². The smallest absolute Gasteiger partial charge is 0.252 e. The van der Waals surface area contributed by atoms with E-state index in [1.807, 2.05) is 0 Å². The molecule has 3 aliphatic rings. The number of anilines is 6. The highest BCUT2D eigenvalue weighted by molar-refractivity contribution is 7.00. The second-order valence-corrected chi connectivity index (χ2v) is 27.7. The molecule has 0 spiro atoms. The van der Waals surface area contributed by atoms with Crippen LogP contribution in [0.1, 0.15) is 154 Å². The van der Waals surface area contributed by atoms with E-state index in [2.05, 4.69) is 307 Å². The quantitative estimate of drug-likeness (QED) is 0.140. The summed E-state index contributed by atoms with van der Waals surface area (Å²) in [4.78, 5) is 5.40. The van der Waals surface area contributed by atoms with Gasteiger partial charge in [-0.25, -0.2) is 0 Å². The molecule has 2 heterocycles. The van der Waals surface area contributed by atoms with Gasteiger partial charge in [0.1, 0.15) is 0 Å². The van der Waals surface area contributed by atoms with Crippen molar-refractivity contribution in [3.8, 4) is 22.3 Å². The van der Waals surface area contributed by atoms with Crippen LogP contribution in [0.5, 0.6) is 0 Å². The molecule has 0 saturated carbocycles. The average molecular weight is 1030 g/mol. The molecule has 12 rings (SSSR count). The van der Waals surface area contributed by atoms with E-state index < -0.39 is 0 Å². The summed E-state index contributed by atoms with van der Waals surface area (Å²) in [5, 5.41) is 0. The molecule has 0 unspecified atom stereocenters. The van der Waals surface area contributed by atoms with Crippen molar-refractivity contribution in [2.45, 2.75) is 142 Å². The molecule has 1 aliphatic carbocycles. The lowest BCUT2D eigenvalue weighted by Gasteiger charge is -2.48. The van der Waals surface area contributed by atoms with Gasteiger partial charge in [0, 0.05) is 50.4 Å². The molecular formula is C76H79BN2. The average Bonchev–Trinajstić information content (AvgIpc) is 3.43. The second kappa shape index (κ2) is 18.6. The van der Waals surface area contributed by atoms with Gasteiger partial charge in [-0.15, -0.1) is 0 Å². The molecule has 0 radical (unpaired) electrons. The number of nitrogens with zero attached hydrogens (tertiary/aromatic N) is 2. The van der Waals surface area contributed by atoms with E-state index in [4.69, 9.17) is 0 Å². The van der Waals surface area contributed by atoms with Crippen LogP contribution < -0.4 is 26.2 Å². The van der Waals surface area contributed by atoms with E-state index in [0.717, 1.165) is 18.5 Å². The first-order valence-corrected chi connectivity index (χ1v) is 29.1. The Balaban J connectivity index is 1.24. The third-order valence-electron chi connectivity index (χ3n) is 18.8. The maximum atomic E-state index is 2.77. The Labute approximate surface area is 473 Å². The van der Waals surface area contributed by atoms with Gasteiger partial charge in [0.15, 0.2) is 0 Å². The van der Waals surface area contributed by atoms with E-state index in [9.17, 15) is 0 Å². The van der Waals surface area contributed by atoms with Crippen molar-refractivity contribution in [1.82, 2.24) is 0 Å². The third kappa shape index (κ3) is 8.79. The molecule has 3 heteroatoms. The molecule has 0 aromatic heterocycles. The highest BCUT2D eigenvalue weighted by Gasteiger charge is 2.48. The van der Waals surface area contributed by atoms with Gasteiger partial charge < -0.3 is 9.80 Å². The minimum atomic E-state index is -0.264. The maximum absolute atomic E-state index is 2.77. The molecule has 0 bridgehead atoms. The van der Waals surface area contributed by atoms with Crippen molar-refractivity contribution >= 4 is 57.2 Å². The van der Waals surface area contributed by atoms with Gasteiger partial charge in [-0.3, -0.25) is 0 Å². The summed E-state index contributed by atoms with van der Waals surface area (Å²) in [6, 6.07) is 77.2. The predicted molar refractivity (Wildman–Crippen MR) is 341 cm³/mol. The van der Waals surface area contributed by atoms with Crippen LogP contribution in [-0.4, -0.2) is 6.71 Å². The SMILES string of the molecule is CC(C)(C)c1cc(-c2ccccc2)c(N2c3cc4c(cc3B3c5cc(C(C)(C)c6ccccc6)ccc5N(c5ccc(C(C)(C)c6ccccc6)cc5)c5cc(C(C)(C)C)cc2c53)C(C)(C)CCC4(C)C)c(-c2ccccc2)c1. The van der Waals surface area contributed by atoms with E-state index >= 15 is 0 Å². The van der Waals surface area contributed by atoms with Crippen molar-refractivity contribution in [1.29, 1.82) is 0 Å². The van der Waals surface area contributed by atoms with Gasteiger partial charge in [-0.05, 0) is 155 Å². The van der Waals surface area contributed by atoms with Crippen LogP contribution in [0.2, 0.25) is 0 Å². The summed E-state index contributed by atoms with van der Waals surface area (Å²) in [5.41, 5.74) is 26.3. The molecule has 2 nitrogen and oxygen atoms in total. The monoisotopic (exact) mass is 1030 g/mol. The van der Waals surface area contributed by atoms with Gasteiger partial charge in [-0.2, -0.15) is 0 Å². The van der Waals surface area contributed by atoms with Crippen molar-refractivity contribution in [3.05, 3.63) is 245 Å². The summed E-state index contributed by atoms with van der Waals surface area (Å²) in [6.07, 6.45) is 2.27. The fourth-order valence-electron chi connectivity index (χ4n) is 13.5. The van der Waals surface area contributed by atoms with Crippen LogP contribution in [0.4, 0.5) is 34.1 Å². The van der Waals surface area contributed by atoms with Gasteiger partial charge >= 0.3 is 0 Å². The number of fused-ring (bicyclic) bond motifs is 5. The summed E-state index contributed by atoms with van der Waals surface area (Å²) in [7, 11) is 0. The van der Waals surface area contributed by atoms with Crippen molar-refractivity contribution in [2.75, 3.05) is 9.80 Å². The molecule has 0 saturated heterocycles. The fourth-order valence-corrected chi connectivity index (χ4v) is 13.5. The molecule has 79 heavy (non-hydrogen) atoms. The van der Waals surface area contributed by atoms with Gasteiger partial charge in [-0.1, -0.05) is 249 Å². The highest BCUT2D eigenvalue weighted by Crippen LogP contribution is 2.55. The molecule has 2 aliphatic heterocycles. The number of hydrogen-bond donors (Lipinski definition) is 0. The van der Waals surface area contributed by atoms with Crippen molar-refractivity contribution in [3.63, 3.8) is 0 Å². The van der Waals surface area contributed by atoms with Crippen LogP contribution in [-0.2, 0) is 32.5 Å². The van der Waals surface area contributed by atoms with E-state index in [1.54, 1.807) is 0 Å². The van der Waals surface area contributed by atoms with Crippen LogP contribution in [0.3, 0.4) is 0 Å². The van der Waals surface area contributed by atoms with Crippen LogP contribution in [0.25, 0.3) is 22.3 Å². The molecular weight excluding hydrogens is 952 g/mol. The fraction of sp³-hybridized carbons (Fsp3) is 0.289. The first-order valence-electron chi connectivity index (χ1n) is 29.1. The number of rotatable bonds is 8. The Morgan fingerprint density at radius 3 is 1.25 bits per heavy atom. The zero-order valence-corrected chi connectivity index (χ0v) is 49.4. The zero-order chi connectivity index (χ0) is 55.6. The highest BCUT2D eigenvalue weighted by atomic mass is 15.2.